The predicted molar refractivity (Wildman–Crippen MR) is 94.8 cm³/mol. The quantitative estimate of drug-likeness (QED) is 0.222. The number of phosphoric ester groups is 2. The molecule has 1 rings (SSSR count). The Hall–Kier alpha value is 0.0600. The molecule has 14 heteroatoms. The molecule has 0 aromatic carbocycles. The molecule has 28 heavy (non-hydrogen) atoms. The van der Waals surface area contributed by atoms with Crippen molar-refractivity contribution in [1.29, 1.82) is 0 Å². The topological polar surface area (TPSA) is 192 Å². The van der Waals surface area contributed by atoms with E-state index in [1.165, 1.54) is 0 Å². The molecule has 0 saturated carbocycles. The zero-order chi connectivity index (χ0) is 21.5. The SMILES string of the molecule is CCCC(CCC)CO[C@@H]1O[C@H](CO)[C@@H](O)[C@H](OP(=O)(O)O)[C@H]1OP(=O)(O)O. The van der Waals surface area contributed by atoms with Crippen LogP contribution in [0.25, 0.3) is 0 Å². The third-order valence-corrected chi connectivity index (χ3v) is 5.24. The Labute approximate surface area is 163 Å². The highest BCUT2D eigenvalue weighted by Gasteiger charge is 2.51. The lowest BCUT2D eigenvalue weighted by Gasteiger charge is -2.43. The molecule has 6 N–H and O–H groups in total. The van der Waals surface area contributed by atoms with Gasteiger partial charge < -0.3 is 39.3 Å². The average molecular weight is 452 g/mol. The maximum atomic E-state index is 11.3. The Kier molecular flexibility index (Phi) is 10.7. The lowest BCUT2D eigenvalue weighted by Crippen LogP contribution is -2.60. The van der Waals surface area contributed by atoms with Crippen molar-refractivity contribution in [1.82, 2.24) is 0 Å². The van der Waals surface area contributed by atoms with E-state index in [1.54, 1.807) is 0 Å². The smallest absolute Gasteiger partial charge is 0.394 e. The molecule has 1 fully saturated rings. The van der Waals surface area contributed by atoms with Crippen molar-refractivity contribution >= 4 is 15.6 Å². The minimum atomic E-state index is -5.18. The van der Waals surface area contributed by atoms with E-state index < -0.39 is 53.0 Å². The van der Waals surface area contributed by atoms with E-state index in [4.69, 9.17) is 29.0 Å². The fourth-order valence-corrected chi connectivity index (χ4v) is 4.18. The van der Waals surface area contributed by atoms with E-state index >= 15 is 0 Å². The Morgan fingerprint density at radius 1 is 0.964 bits per heavy atom. The van der Waals surface area contributed by atoms with Gasteiger partial charge in [0.2, 0.25) is 0 Å². The van der Waals surface area contributed by atoms with Gasteiger partial charge in [-0.1, -0.05) is 26.7 Å². The molecule has 0 unspecified atom stereocenters. The Morgan fingerprint density at radius 2 is 1.46 bits per heavy atom. The van der Waals surface area contributed by atoms with E-state index in [0.717, 1.165) is 25.7 Å². The summed E-state index contributed by atoms with van der Waals surface area (Å²) in [4.78, 5) is 36.5. The van der Waals surface area contributed by atoms with E-state index in [0.29, 0.717) is 0 Å². The Bertz CT molecular complexity index is 542. The van der Waals surface area contributed by atoms with Crippen molar-refractivity contribution < 1.29 is 57.4 Å². The zero-order valence-electron chi connectivity index (χ0n) is 15.7. The molecule has 0 aromatic heterocycles. The van der Waals surface area contributed by atoms with Crippen molar-refractivity contribution in [2.24, 2.45) is 5.92 Å². The number of aliphatic hydroxyl groups is 2. The highest BCUT2D eigenvalue weighted by atomic mass is 31.2. The molecule has 0 aromatic rings. The van der Waals surface area contributed by atoms with Crippen LogP contribution in [0.4, 0.5) is 0 Å². The summed E-state index contributed by atoms with van der Waals surface area (Å²) in [6, 6.07) is 0. The first-order valence-electron chi connectivity index (χ1n) is 8.95. The summed E-state index contributed by atoms with van der Waals surface area (Å²) in [6.07, 6.45) is -5.12. The average Bonchev–Trinajstić information content (AvgIpc) is 2.55. The second-order valence-corrected chi connectivity index (χ2v) is 9.00. The van der Waals surface area contributed by atoms with Crippen LogP contribution < -0.4 is 0 Å². The van der Waals surface area contributed by atoms with Crippen molar-refractivity contribution in [3.05, 3.63) is 0 Å². The highest BCUT2D eigenvalue weighted by molar-refractivity contribution is 7.46. The van der Waals surface area contributed by atoms with Crippen LogP contribution in [-0.2, 0) is 27.7 Å². The van der Waals surface area contributed by atoms with Crippen LogP contribution in [-0.4, -0.2) is 73.7 Å². The van der Waals surface area contributed by atoms with Crippen molar-refractivity contribution in [3.8, 4) is 0 Å². The molecule has 1 saturated heterocycles. The van der Waals surface area contributed by atoms with E-state index in [2.05, 4.69) is 9.05 Å². The first-order chi connectivity index (χ1) is 12.9. The van der Waals surface area contributed by atoms with Gasteiger partial charge in [-0.2, -0.15) is 0 Å². The lowest BCUT2D eigenvalue weighted by molar-refractivity contribution is -0.297. The molecule has 0 bridgehead atoms. The van der Waals surface area contributed by atoms with E-state index in [-0.39, 0.29) is 12.5 Å². The largest absolute Gasteiger partial charge is 0.470 e. The number of ether oxygens (including phenoxy) is 2. The molecule has 0 amide bonds. The third-order valence-electron chi connectivity index (χ3n) is 4.21. The van der Waals surface area contributed by atoms with Gasteiger partial charge in [0.25, 0.3) is 0 Å². The molecular formula is C14H30O12P2. The van der Waals surface area contributed by atoms with Crippen LogP contribution in [0.5, 0.6) is 0 Å². The fourth-order valence-electron chi connectivity index (χ4n) is 3.08. The fraction of sp³-hybridized carbons (Fsp3) is 1.00. The maximum Gasteiger partial charge on any atom is 0.470 e. The first-order valence-corrected chi connectivity index (χ1v) is 12.0. The third kappa shape index (κ3) is 8.83. The number of hydrogen-bond acceptors (Lipinski definition) is 8. The van der Waals surface area contributed by atoms with Crippen LogP contribution >= 0.6 is 15.6 Å². The monoisotopic (exact) mass is 452 g/mol. The van der Waals surface area contributed by atoms with Crippen LogP contribution in [0.3, 0.4) is 0 Å². The van der Waals surface area contributed by atoms with Crippen molar-refractivity contribution in [3.63, 3.8) is 0 Å². The van der Waals surface area contributed by atoms with Crippen LogP contribution in [0.2, 0.25) is 0 Å². The molecule has 12 nitrogen and oxygen atoms in total. The van der Waals surface area contributed by atoms with Gasteiger partial charge in [0.05, 0.1) is 13.2 Å². The highest BCUT2D eigenvalue weighted by Crippen LogP contribution is 2.46. The minimum absolute atomic E-state index is 0.106. The summed E-state index contributed by atoms with van der Waals surface area (Å²) in [6.45, 7) is 3.34. The number of aliphatic hydroxyl groups excluding tert-OH is 2. The molecule has 0 aliphatic carbocycles. The molecule has 5 atom stereocenters. The summed E-state index contributed by atoms with van der Waals surface area (Å²) in [5.74, 6) is 0.106. The Balaban J connectivity index is 3.09. The summed E-state index contributed by atoms with van der Waals surface area (Å²) in [7, 11) is -10.4. The first kappa shape index (κ1) is 26.1. The second-order valence-electron chi connectivity index (χ2n) is 6.61. The number of rotatable bonds is 12. The van der Waals surface area contributed by atoms with Gasteiger partial charge in [-0.15, -0.1) is 0 Å². The van der Waals surface area contributed by atoms with Crippen LogP contribution in [0, 0.1) is 5.92 Å². The van der Waals surface area contributed by atoms with Gasteiger partial charge in [0.1, 0.15) is 24.4 Å². The summed E-state index contributed by atoms with van der Waals surface area (Å²) < 4.78 is 42.6. The molecular weight excluding hydrogens is 422 g/mol. The van der Waals surface area contributed by atoms with Gasteiger partial charge in [-0.05, 0) is 18.8 Å². The van der Waals surface area contributed by atoms with Gasteiger partial charge in [-0.3, -0.25) is 9.05 Å². The van der Waals surface area contributed by atoms with Crippen LogP contribution in [0.15, 0.2) is 0 Å². The van der Waals surface area contributed by atoms with Crippen molar-refractivity contribution in [2.75, 3.05) is 13.2 Å². The maximum absolute atomic E-state index is 11.3. The molecule has 1 heterocycles. The normalized spacial score (nSPS) is 29.4. The summed E-state index contributed by atoms with van der Waals surface area (Å²) in [5, 5.41) is 19.6. The van der Waals surface area contributed by atoms with Gasteiger partial charge in [0, 0.05) is 0 Å². The van der Waals surface area contributed by atoms with E-state index in [1.807, 2.05) is 13.8 Å². The molecule has 168 valence electrons. The van der Waals surface area contributed by atoms with Crippen molar-refractivity contribution in [2.45, 2.75) is 70.2 Å². The minimum Gasteiger partial charge on any atom is -0.394 e. The van der Waals surface area contributed by atoms with Gasteiger partial charge in [0.15, 0.2) is 6.29 Å². The van der Waals surface area contributed by atoms with Crippen LogP contribution in [0.1, 0.15) is 39.5 Å². The van der Waals surface area contributed by atoms with Gasteiger partial charge in [-0.25, -0.2) is 9.13 Å². The summed E-state index contributed by atoms with van der Waals surface area (Å²) in [5.41, 5.74) is 0. The molecule has 0 radical (unpaired) electrons. The standard InChI is InChI=1S/C14H30O12P2/c1-3-5-9(6-4-2)8-23-14-13(26-28(20,21)22)12(25-27(17,18)19)11(16)10(7-15)24-14/h9-16H,3-8H2,1-2H3,(H2,17,18,19)(H2,20,21,22)/t10-,11-,12+,13-,14-/m1/s1. The molecule has 1 aliphatic rings. The number of phosphoric acid groups is 2. The lowest BCUT2D eigenvalue weighted by atomic mass is 9.98. The van der Waals surface area contributed by atoms with E-state index in [9.17, 15) is 19.3 Å². The Morgan fingerprint density at radius 3 is 1.89 bits per heavy atom. The van der Waals surface area contributed by atoms with Gasteiger partial charge >= 0.3 is 15.6 Å². The number of hydrogen-bond donors (Lipinski definition) is 6. The molecule has 1 aliphatic heterocycles. The predicted octanol–water partition coefficient (Wildman–Crippen LogP) is 0.253. The molecule has 0 spiro atoms. The second kappa shape index (κ2) is 11.5. The zero-order valence-corrected chi connectivity index (χ0v) is 17.5. The summed E-state index contributed by atoms with van der Waals surface area (Å²) >= 11 is 0.